The number of hydrogen-bond acceptors (Lipinski definition) is 4. The van der Waals surface area contributed by atoms with E-state index in [0.717, 1.165) is 33.0 Å². The van der Waals surface area contributed by atoms with E-state index in [9.17, 15) is 0 Å². The van der Waals surface area contributed by atoms with Gasteiger partial charge < -0.3 is 10.7 Å². The molecule has 0 aromatic carbocycles. The summed E-state index contributed by atoms with van der Waals surface area (Å²) in [5.74, 6) is 0. The summed E-state index contributed by atoms with van der Waals surface area (Å²) in [5, 5.41) is 0.963. The largest absolute Gasteiger partial charge is 0.398 e. The van der Waals surface area contributed by atoms with Crippen molar-refractivity contribution < 1.29 is 0 Å². The summed E-state index contributed by atoms with van der Waals surface area (Å²) < 4.78 is 0. The topological polar surface area (TPSA) is 67.6 Å². The molecule has 0 aliphatic heterocycles. The number of nitrogens with two attached hydrogens (primary N) is 1. The Labute approximate surface area is 96.2 Å². The van der Waals surface area contributed by atoms with E-state index >= 15 is 0 Å². The van der Waals surface area contributed by atoms with Crippen LogP contribution in [0.25, 0.3) is 21.6 Å². The summed E-state index contributed by atoms with van der Waals surface area (Å²) in [6.07, 6.45) is 1.71. The van der Waals surface area contributed by atoms with Crippen LogP contribution >= 0.6 is 11.3 Å². The minimum absolute atomic E-state index is 0.745. The Morgan fingerprint density at radius 3 is 2.94 bits per heavy atom. The molecule has 0 unspecified atom stereocenters. The van der Waals surface area contributed by atoms with Crippen LogP contribution in [0, 0.1) is 6.92 Å². The predicted octanol–water partition coefficient (Wildman–Crippen LogP) is 2.58. The molecule has 0 saturated heterocycles. The normalized spacial score (nSPS) is 11.1. The number of thiazole rings is 1. The van der Waals surface area contributed by atoms with Gasteiger partial charge in [0.2, 0.25) is 0 Å². The molecular formula is C11H10N4S. The fraction of sp³-hybridized carbons (Fsp3) is 0.0909. The Balaban J connectivity index is 2.27. The van der Waals surface area contributed by atoms with Gasteiger partial charge in [-0.05, 0) is 19.1 Å². The van der Waals surface area contributed by atoms with Gasteiger partial charge in [0.05, 0.1) is 21.8 Å². The number of rotatable bonds is 1. The molecule has 0 aliphatic carbocycles. The lowest BCUT2D eigenvalue weighted by atomic mass is 10.2. The van der Waals surface area contributed by atoms with E-state index in [4.69, 9.17) is 5.73 Å². The lowest BCUT2D eigenvalue weighted by molar-refractivity contribution is 1.26. The van der Waals surface area contributed by atoms with Crippen molar-refractivity contribution in [1.82, 2.24) is 15.0 Å². The van der Waals surface area contributed by atoms with Gasteiger partial charge in [-0.25, -0.2) is 9.97 Å². The molecule has 0 bridgehead atoms. The maximum atomic E-state index is 5.89. The SMILES string of the molecule is Cc1ncsc1-c1cc2c(N)ccnc2[nH]1. The van der Waals surface area contributed by atoms with Gasteiger partial charge in [0.1, 0.15) is 5.65 Å². The first kappa shape index (κ1) is 9.35. The highest BCUT2D eigenvalue weighted by molar-refractivity contribution is 7.13. The summed E-state index contributed by atoms with van der Waals surface area (Å²) in [6, 6.07) is 3.83. The van der Waals surface area contributed by atoms with Crippen LogP contribution in [0.1, 0.15) is 5.69 Å². The van der Waals surface area contributed by atoms with E-state index in [0.29, 0.717) is 0 Å². The fourth-order valence-electron chi connectivity index (χ4n) is 1.73. The quantitative estimate of drug-likeness (QED) is 0.675. The molecule has 0 atom stereocenters. The van der Waals surface area contributed by atoms with Gasteiger partial charge in [-0.15, -0.1) is 11.3 Å². The number of anilines is 1. The van der Waals surface area contributed by atoms with Crippen molar-refractivity contribution in [3.63, 3.8) is 0 Å². The maximum absolute atomic E-state index is 5.89. The Morgan fingerprint density at radius 1 is 1.38 bits per heavy atom. The van der Waals surface area contributed by atoms with Gasteiger partial charge in [0, 0.05) is 17.3 Å². The van der Waals surface area contributed by atoms with Crippen molar-refractivity contribution in [3.8, 4) is 10.6 Å². The van der Waals surface area contributed by atoms with Gasteiger partial charge in [-0.2, -0.15) is 0 Å². The van der Waals surface area contributed by atoms with Gasteiger partial charge in [0.15, 0.2) is 0 Å². The highest BCUT2D eigenvalue weighted by Gasteiger charge is 2.09. The predicted molar refractivity (Wildman–Crippen MR) is 66.4 cm³/mol. The Hall–Kier alpha value is -1.88. The van der Waals surface area contributed by atoms with Gasteiger partial charge >= 0.3 is 0 Å². The van der Waals surface area contributed by atoms with Gasteiger partial charge in [-0.1, -0.05) is 0 Å². The van der Waals surface area contributed by atoms with Crippen LogP contribution in [0.2, 0.25) is 0 Å². The van der Waals surface area contributed by atoms with Crippen LogP contribution in [0.4, 0.5) is 5.69 Å². The van der Waals surface area contributed by atoms with Gasteiger partial charge in [-0.3, -0.25) is 0 Å². The first-order chi connectivity index (χ1) is 7.75. The van der Waals surface area contributed by atoms with Crippen LogP contribution in [0.3, 0.4) is 0 Å². The number of fused-ring (bicyclic) bond motifs is 1. The number of hydrogen-bond donors (Lipinski definition) is 2. The van der Waals surface area contributed by atoms with Crippen LogP contribution < -0.4 is 5.73 Å². The number of aryl methyl sites for hydroxylation is 1. The lowest BCUT2D eigenvalue weighted by Gasteiger charge is -1.91. The highest BCUT2D eigenvalue weighted by atomic mass is 32.1. The van der Waals surface area contributed by atoms with Crippen LogP contribution in [-0.4, -0.2) is 15.0 Å². The summed E-state index contributed by atoms with van der Waals surface area (Å²) in [6.45, 7) is 1.99. The first-order valence-electron chi connectivity index (χ1n) is 4.89. The van der Waals surface area contributed by atoms with E-state index < -0.39 is 0 Å². The van der Waals surface area contributed by atoms with Crippen LogP contribution in [0.15, 0.2) is 23.8 Å². The Bertz CT molecular complexity index is 653. The molecule has 0 fully saturated rings. The van der Waals surface area contributed by atoms with E-state index in [1.807, 2.05) is 18.5 Å². The van der Waals surface area contributed by atoms with Crippen molar-refractivity contribution >= 4 is 28.1 Å². The lowest BCUT2D eigenvalue weighted by Crippen LogP contribution is -1.85. The zero-order chi connectivity index (χ0) is 11.1. The van der Waals surface area contributed by atoms with Crippen molar-refractivity contribution in [3.05, 3.63) is 29.5 Å². The number of H-pyrrole nitrogens is 1. The van der Waals surface area contributed by atoms with E-state index in [2.05, 4.69) is 15.0 Å². The molecular weight excluding hydrogens is 220 g/mol. The number of nitrogen functional groups attached to an aromatic ring is 1. The van der Waals surface area contributed by atoms with E-state index in [-0.39, 0.29) is 0 Å². The zero-order valence-electron chi connectivity index (χ0n) is 8.69. The molecule has 3 rings (SSSR count). The van der Waals surface area contributed by atoms with Crippen molar-refractivity contribution in [2.45, 2.75) is 6.92 Å². The number of aromatic nitrogens is 3. The number of aromatic amines is 1. The second-order valence-electron chi connectivity index (χ2n) is 3.61. The molecule has 3 N–H and O–H groups in total. The molecule has 3 aromatic rings. The van der Waals surface area contributed by atoms with Gasteiger partial charge in [0.25, 0.3) is 0 Å². The van der Waals surface area contributed by atoms with Crippen LogP contribution in [-0.2, 0) is 0 Å². The summed E-state index contributed by atoms with van der Waals surface area (Å²) in [4.78, 5) is 12.9. The molecule has 16 heavy (non-hydrogen) atoms. The minimum atomic E-state index is 0.745. The minimum Gasteiger partial charge on any atom is -0.398 e. The average Bonchev–Trinajstić information content (AvgIpc) is 2.84. The van der Waals surface area contributed by atoms with E-state index in [1.165, 1.54) is 0 Å². The summed E-state index contributed by atoms with van der Waals surface area (Å²) in [7, 11) is 0. The third-order valence-corrected chi connectivity index (χ3v) is 3.52. The molecule has 0 spiro atoms. The fourth-order valence-corrected chi connectivity index (χ4v) is 2.51. The Morgan fingerprint density at radius 2 is 2.25 bits per heavy atom. The molecule has 4 nitrogen and oxygen atoms in total. The molecule has 0 aliphatic rings. The summed E-state index contributed by atoms with van der Waals surface area (Å²) >= 11 is 1.61. The molecule has 0 amide bonds. The molecule has 3 aromatic heterocycles. The Kier molecular flexibility index (Phi) is 1.94. The molecule has 0 saturated carbocycles. The molecule has 80 valence electrons. The second-order valence-corrected chi connectivity index (χ2v) is 4.47. The number of nitrogens with zero attached hydrogens (tertiary/aromatic N) is 2. The van der Waals surface area contributed by atoms with Crippen molar-refractivity contribution in [1.29, 1.82) is 0 Å². The smallest absolute Gasteiger partial charge is 0.139 e. The molecule has 3 heterocycles. The zero-order valence-corrected chi connectivity index (χ0v) is 9.51. The van der Waals surface area contributed by atoms with Crippen LogP contribution in [0.5, 0.6) is 0 Å². The first-order valence-corrected chi connectivity index (χ1v) is 5.77. The number of nitrogens with one attached hydrogen (secondary N) is 1. The second kappa shape index (κ2) is 3.31. The summed E-state index contributed by atoms with van der Waals surface area (Å²) in [5.41, 5.74) is 11.3. The third kappa shape index (κ3) is 1.29. The number of pyridine rings is 1. The maximum Gasteiger partial charge on any atom is 0.139 e. The monoisotopic (exact) mass is 230 g/mol. The third-order valence-electron chi connectivity index (χ3n) is 2.56. The molecule has 0 radical (unpaired) electrons. The average molecular weight is 230 g/mol. The van der Waals surface area contributed by atoms with Crippen molar-refractivity contribution in [2.24, 2.45) is 0 Å². The molecule has 5 heteroatoms. The standard InChI is InChI=1S/C11H10N4S/c1-6-10(16-5-14-6)9-4-7-8(12)2-3-13-11(7)15-9/h2-5H,1H3,(H3,12,13,15). The highest BCUT2D eigenvalue weighted by Crippen LogP contribution is 2.30. The van der Waals surface area contributed by atoms with E-state index in [1.54, 1.807) is 23.6 Å². The van der Waals surface area contributed by atoms with Crippen molar-refractivity contribution in [2.75, 3.05) is 5.73 Å².